The van der Waals surface area contributed by atoms with Crippen LogP contribution in [0, 0.1) is 0 Å². The van der Waals surface area contributed by atoms with Crippen molar-refractivity contribution in [2.45, 2.75) is 83.6 Å². The van der Waals surface area contributed by atoms with E-state index in [-0.39, 0.29) is 19.1 Å². The standard InChI is InChI=1S/C20H29NO7/c1-20(2,3)28-19(24)21-16(18(23)26-13-15-10-7-11-25-15)12-17(22)27-14-8-5-4-6-9-14/h7,10-11,14,16H,4-6,8-9,12-13H2,1-3H3,(H,21,24)/t16-/m0/s1. The molecule has 1 N–H and O–H groups in total. The first-order valence-corrected chi connectivity index (χ1v) is 9.61. The molecule has 1 aromatic heterocycles. The van der Waals surface area contributed by atoms with E-state index in [0.29, 0.717) is 5.76 Å². The van der Waals surface area contributed by atoms with Gasteiger partial charge < -0.3 is 23.9 Å². The molecule has 0 unspecified atom stereocenters. The fourth-order valence-electron chi connectivity index (χ4n) is 2.86. The molecule has 8 nitrogen and oxygen atoms in total. The lowest BCUT2D eigenvalue weighted by atomic mass is 9.98. The van der Waals surface area contributed by atoms with Crippen LogP contribution in [-0.4, -0.2) is 35.8 Å². The second kappa shape index (κ2) is 10.1. The highest BCUT2D eigenvalue weighted by Gasteiger charge is 2.30. The van der Waals surface area contributed by atoms with Crippen LogP contribution in [0.25, 0.3) is 0 Å². The van der Waals surface area contributed by atoms with Gasteiger partial charge >= 0.3 is 18.0 Å². The number of carbonyl (C=O) groups excluding carboxylic acids is 3. The molecule has 1 aliphatic carbocycles. The van der Waals surface area contributed by atoms with Crippen molar-refractivity contribution in [1.82, 2.24) is 5.32 Å². The molecule has 0 aromatic carbocycles. The van der Waals surface area contributed by atoms with E-state index in [1.807, 2.05) is 0 Å². The molecule has 0 spiro atoms. The first-order valence-electron chi connectivity index (χ1n) is 9.61. The van der Waals surface area contributed by atoms with Gasteiger partial charge in [-0.25, -0.2) is 9.59 Å². The number of hydrogen-bond acceptors (Lipinski definition) is 7. The van der Waals surface area contributed by atoms with E-state index in [4.69, 9.17) is 18.6 Å². The first kappa shape index (κ1) is 21.8. The lowest BCUT2D eigenvalue weighted by Gasteiger charge is -2.24. The minimum absolute atomic E-state index is 0.101. The van der Waals surface area contributed by atoms with Gasteiger partial charge in [0.2, 0.25) is 0 Å². The number of carbonyl (C=O) groups is 3. The molecular weight excluding hydrogens is 366 g/mol. The lowest BCUT2D eigenvalue weighted by molar-refractivity contribution is -0.157. The van der Waals surface area contributed by atoms with Crippen molar-refractivity contribution in [2.75, 3.05) is 0 Å². The molecule has 1 aromatic rings. The zero-order valence-electron chi connectivity index (χ0n) is 16.7. The molecule has 0 saturated heterocycles. The normalized spacial score (nSPS) is 16.1. The second-order valence-electron chi connectivity index (χ2n) is 7.84. The first-order chi connectivity index (χ1) is 13.2. The van der Waals surface area contributed by atoms with Gasteiger partial charge in [-0.15, -0.1) is 0 Å². The summed E-state index contributed by atoms with van der Waals surface area (Å²) in [5.74, 6) is -0.861. The zero-order chi connectivity index (χ0) is 20.6. The molecule has 28 heavy (non-hydrogen) atoms. The Morgan fingerprint density at radius 3 is 2.54 bits per heavy atom. The summed E-state index contributed by atoms with van der Waals surface area (Å²) < 4.78 is 20.9. The van der Waals surface area contributed by atoms with E-state index >= 15 is 0 Å². The van der Waals surface area contributed by atoms with Gasteiger partial charge in [-0.3, -0.25) is 4.79 Å². The van der Waals surface area contributed by atoms with Crippen molar-refractivity contribution in [2.24, 2.45) is 0 Å². The smallest absolute Gasteiger partial charge is 0.408 e. The van der Waals surface area contributed by atoms with Crippen LogP contribution in [0.5, 0.6) is 0 Å². The Balaban J connectivity index is 1.94. The van der Waals surface area contributed by atoms with Gasteiger partial charge in [0.05, 0.1) is 12.7 Å². The molecule has 2 rings (SSSR count). The van der Waals surface area contributed by atoms with Gasteiger partial charge in [-0.05, 0) is 58.6 Å². The van der Waals surface area contributed by atoms with Crippen LogP contribution in [0.15, 0.2) is 22.8 Å². The summed E-state index contributed by atoms with van der Waals surface area (Å²) in [5.41, 5.74) is -0.741. The Bertz CT molecular complexity index is 642. The summed E-state index contributed by atoms with van der Waals surface area (Å²) in [6.07, 6.45) is 4.99. The SMILES string of the molecule is CC(C)(C)OC(=O)N[C@@H](CC(=O)OC1CCCCC1)C(=O)OCc1ccco1. The van der Waals surface area contributed by atoms with Crippen LogP contribution < -0.4 is 5.32 Å². The Morgan fingerprint density at radius 2 is 1.93 bits per heavy atom. The number of ether oxygens (including phenoxy) is 3. The Hall–Kier alpha value is -2.51. The summed E-state index contributed by atoms with van der Waals surface area (Å²) in [5, 5.41) is 2.40. The Morgan fingerprint density at radius 1 is 1.21 bits per heavy atom. The fourth-order valence-corrected chi connectivity index (χ4v) is 2.86. The number of esters is 2. The summed E-state index contributed by atoms with van der Waals surface area (Å²) >= 11 is 0. The fraction of sp³-hybridized carbons (Fsp3) is 0.650. The predicted molar refractivity (Wildman–Crippen MR) is 99.2 cm³/mol. The Kier molecular flexibility index (Phi) is 7.90. The zero-order valence-corrected chi connectivity index (χ0v) is 16.7. The highest BCUT2D eigenvalue weighted by Crippen LogP contribution is 2.21. The maximum absolute atomic E-state index is 12.4. The molecule has 156 valence electrons. The average molecular weight is 395 g/mol. The lowest BCUT2D eigenvalue weighted by Crippen LogP contribution is -2.45. The summed E-state index contributed by atoms with van der Waals surface area (Å²) in [6.45, 7) is 5.01. The minimum atomic E-state index is -1.21. The quantitative estimate of drug-likeness (QED) is 0.557. The molecule has 1 amide bonds. The van der Waals surface area contributed by atoms with Gasteiger partial charge in [-0.1, -0.05) is 6.42 Å². The van der Waals surface area contributed by atoms with Crippen molar-refractivity contribution in [1.29, 1.82) is 0 Å². The molecule has 1 atom stereocenters. The molecule has 1 aliphatic rings. The van der Waals surface area contributed by atoms with E-state index in [9.17, 15) is 14.4 Å². The molecule has 0 bridgehead atoms. The van der Waals surface area contributed by atoms with Crippen LogP contribution in [0.1, 0.15) is 65.1 Å². The predicted octanol–water partition coefficient (Wildman–Crippen LogP) is 3.48. The second-order valence-corrected chi connectivity index (χ2v) is 7.84. The number of alkyl carbamates (subject to hydrolysis) is 1. The monoisotopic (exact) mass is 395 g/mol. The molecule has 1 heterocycles. The number of nitrogens with one attached hydrogen (secondary N) is 1. The highest BCUT2D eigenvalue weighted by molar-refractivity contribution is 5.86. The molecule has 8 heteroatoms. The topological polar surface area (TPSA) is 104 Å². The van der Waals surface area contributed by atoms with Crippen LogP contribution in [-0.2, 0) is 30.4 Å². The molecular formula is C20H29NO7. The van der Waals surface area contributed by atoms with Crippen molar-refractivity contribution >= 4 is 18.0 Å². The van der Waals surface area contributed by atoms with Gasteiger partial charge in [0.1, 0.15) is 30.1 Å². The van der Waals surface area contributed by atoms with Crippen molar-refractivity contribution in [3.05, 3.63) is 24.2 Å². The van der Waals surface area contributed by atoms with E-state index < -0.39 is 29.7 Å². The molecule has 1 fully saturated rings. The average Bonchev–Trinajstić information content (AvgIpc) is 3.11. The van der Waals surface area contributed by atoms with Crippen molar-refractivity contribution in [3.8, 4) is 0 Å². The number of furan rings is 1. The van der Waals surface area contributed by atoms with Crippen molar-refractivity contribution in [3.63, 3.8) is 0 Å². The van der Waals surface area contributed by atoms with Gasteiger partial charge in [0, 0.05) is 0 Å². The summed E-state index contributed by atoms with van der Waals surface area (Å²) in [4.78, 5) is 36.8. The van der Waals surface area contributed by atoms with Gasteiger partial charge in [0.25, 0.3) is 0 Å². The number of rotatable bonds is 7. The largest absolute Gasteiger partial charge is 0.466 e. The van der Waals surface area contributed by atoms with Gasteiger partial charge in [-0.2, -0.15) is 0 Å². The molecule has 0 aliphatic heterocycles. The summed E-state index contributed by atoms with van der Waals surface area (Å²) in [6, 6.07) is 2.11. The number of hydrogen-bond donors (Lipinski definition) is 1. The van der Waals surface area contributed by atoms with E-state index in [1.54, 1.807) is 32.9 Å². The molecule has 1 saturated carbocycles. The van der Waals surface area contributed by atoms with Gasteiger partial charge in [0.15, 0.2) is 0 Å². The summed E-state index contributed by atoms with van der Waals surface area (Å²) in [7, 11) is 0. The van der Waals surface area contributed by atoms with E-state index in [1.165, 1.54) is 6.26 Å². The molecule has 0 radical (unpaired) electrons. The van der Waals surface area contributed by atoms with Crippen LogP contribution in [0.2, 0.25) is 0 Å². The van der Waals surface area contributed by atoms with Crippen LogP contribution >= 0.6 is 0 Å². The third-order valence-electron chi connectivity index (χ3n) is 4.13. The van der Waals surface area contributed by atoms with Crippen LogP contribution in [0.3, 0.4) is 0 Å². The maximum Gasteiger partial charge on any atom is 0.408 e. The van der Waals surface area contributed by atoms with E-state index in [0.717, 1.165) is 32.1 Å². The van der Waals surface area contributed by atoms with E-state index in [2.05, 4.69) is 5.32 Å². The van der Waals surface area contributed by atoms with Crippen LogP contribution in [0.4, 0.5) is 4.79 Å². The third-order valence-corrected chi connectivity index (χ3v) is 4.13. The van der Waals surface area contributed by atoms with Crippen molar-refractivity contribution < 1.29 is 33.0 Å². The third kappa shape index (κ3) is 8.02. The highest BCUT2D eigenvalue weighted by atomic mass is 16.6. The maximum atomic E-state index is 12.4. The Labute approximate surface area is 164 Å². The number of amides is 1. The minimum Gasteiger partial charge on any atom is -0.466 e.